The predicted molar refractivity (Wildman–Crippen MR) is 128 cm³/mol. The van der Waals surface area contributed by atoms with Gasteiger partial charge in [0.05, 0.1) is 6.42 Å². The lowest BCUT2D eigenvalue weighted by atomic mass is 9.95. The van der Waals surface area contributed by atoms with Gasteiger partial charge in [-0.25, -0.2) is 0 Å². The van der Waals surface area contributed by atoms with Gasteiger partial charge in [-0.2, -0.15) is 0 Å². The zero-order valence-corrected chi connectivity index (χ0v) is 17.3. The van der Waals surface area contributed by atoms with Crippen LogP contribution in [0.25, 0.3) is 29.4 Å². The minimum absolute atomic E-state index is 0.122. The SMILES string of the molecule is O=C(/C=C/c1ccc(-c2ccccc2)cc1)CC(=O)/C=C/c1ccc2c(c1)CCC=C2. The third-order valence-corrected chi connectivity index (χ3v) is 5.33. The summed E-state index contributed by atoms with van der Waals surface area (Å²) in [6.45, 7) is 0. The van der Waals surface area contributed by atoms with E-state index < -0.39 is 0 Å². The van der Waals surface area contributed by atoms with E-state index in [1.807, 2.05) is 48.5 Å². The molecule has 0 N–H and O–H groups in total. The molecule has 2 heteroatoms. The van der Waals surface area contributed by atoms with E-state index in [9.17, 15) is 9.59 Å². The molecule has 0 saturated heterocycles. The van der Waals surface area contributed by atoms with Crippen LogP contribution in [0.2, 0.25) is 0 Å². The van der Waals surface area contributed by atoms with E-state index in [4.69, 9.17) is 0 Å². The van der Waals surface area contributed by atoms with Crippen molar-refractivity contribution in [1.29, 1.82) is 0 Å². The maximum absolute atomic E-state index is 12.2. The highest BCUT2D eigenvalue weighted by Crippen LogP contribution is 2.21. The second-order valence-corrected chi connectivity index (χ2v) is 7.66. The van der Waals surface area contributed by atoms with Gasteiger partial charge in [-0.1, -0.05) is 97.1 Å². The Morgan fingerprint density at radius 3 is 2.13 bits per heavy atom. The van der Waals surface area contributed by atoms with Crippen LogP contribution in [0.15, 0.2) is 91.0 Å². The minimum Gasteiger partial charge on any atom is -0.294 e. The predicted octanol–water partition coefficient (Wildman–Crippen LogP) is 6.57. The second kappa shape index (κ2) is 9.82. The van der Waals surface area contributed by atoms with E-state index in [0.29, 0.717) is 0 Å². The van der Waals surface area contributed by atoms with Gasteiger partial charge in [0.25, 0.3) is 0 Å². The summed E-state index contributed by atoms with van der Waals surface area (Å²) < 4.78 is 0. The fraction of sp³-hybridized carbons (Fsp3) is 0.103. The van der Waals surface area contributed by atoms with Crippen LogP contribution in [0.4, 0.5) is 0 Å². The van der Waals surface area contributed by atoms with Gasteiger partial charge in [0.1, 0.15) is 0 Å². The average Bonchev–Trinajstić information content (AvgIpc) is 2.82. The molecule has 0 atom stereocenters. The van der Waals surface area contributed by atoms with Crippen molar-refractivity contribution in [2.75, 3.05) is 0 Å². The zero-order chi connectivity index (χ0) is 21.5. The molecule has 1 aliphatic rings. The molecule has 1 aliphatic carbocycles. The number of rotatable bonds is 7. The first-order valence-corrected chi connectivity index (χ1v) is 10.5. The molecule has 0 aliphatic heterocycles. The van der Waals surface area contributed by atoms with Crippen LogP contribution in [-0.4, -0.2) is 11.6 Å². The molecule has 31 heavy (non-hydrogen) atoms. The smallest absolute Gasteiger partial charge is 0.163 e. The van der Waals surface area contributed by atoms with E-state index in [1.54, 1.807) is 12.2 Å². The molecule has 0 fully saturated rings. The fourth-order valence-corrected chi connectivity index (χ4v) is 3.64. The Kier molecular flexibility index (Phi) is 6.49. The maximum atomic E-state index is 12.2. The van der Waals surface area contributed by atoms with Crippen molar-refractivity contribution in [2.45, 2.75) is 19.3 Å². The Morgan fingerprint density at radius 2 is 1.39 bits per heavy atom. The van der Waals surface area contributed by atoms with Crippen LogP contribution >= 0.6 is 0 Å². The quantitative estimate of drug-likeness (QED) is 0.330. The summed E-state index contributed by atoms with van der Waals surface area (Å²) in [4.78, 5) is 24.3. The lowest BCUT2D eigenvalue weighted by Crippen LogP contribution is -2.02. The fourth-order valence-electron chi connectivity index (χ4n) is 3.64. The standard InChI is InChI=1S/C29H24O2/c30-28(18-13-22-10-15-26(16-11-22)24-6-2-1-3-7-24)21-29(31)19-14-23-12-17-25-8-4-5-9-27(25)20-23/h1-4,6-8,10-20H,5,9,21H2/b18-13+,19-14+. The van der Waals surface area contributed by atoms with Crippen molar-refractivity contribution >= 4 is 29.8 Å². The van der Waals surface area contributed by atoms with Crippen LogP contribution in [-0.2, 0) is 16.0 Å². The minimum atomic E-state index is -0.197. The van der Waals surface area contributed by atoms with Gasteiger partial charge in [0, 0.05) is 0 Å². The van der Waals surface area contributed by atoms with Crippen molar-refractivity contribution in [2.24, 2.45) is 0 Å². The van der Waals surface area contributed by atoms with Crippen molar-refractivity contribution in [3.8, 4) is 11.1 Å². The third-order valence-electron chi connectivity index (χ3n) is 5.33. The number of hydrogen-bond acceptors (Lipinski definition) is 2. The number of ketones is 2. The summed E-state index contributed by atoms with van der Waals surface area (Å²) in [7, 11) is 0. The molecule has 0 bridgehead atoms. The maximum Gasteiger partial charge on any atom is 0.163 e. The van der Waals surface area contributed by atoms with Crippen LogP contribution in [0.3, 0.4) is 0 Å². The highest BCUT2D eigenvalue weighted by molar-refractivity contribution is 6.10. The first kappa shape index (κ1) is 20.5. The zero-order valence-electron chi connectivity index (χ0n) is 17.3. The summed E-state index contributed by atoms with van der Waals surface area (Å²) >= 11 is 0. The van der Waals surface area contributed by atoms with Crippen LogP contribution in [0, 0.1) is 0 Å². The highest BCUT2D eigenvalue weighted by atomic mass is 16.1. The van der Waals surface area contributed by atoms with Crippen molar-refractivity contribution in [1.82, 2.24) is 0 Å². The van der Waals surface area contributed by atoms with E-state index >= 15 is 0 Å². The molecule has 4 rings (SSSR count). The summed E-state index contributed by atoms with van der Waals surface area (Å²) in [5, 5.41) is 0. The number of benzene rings is 3. The van der Waals surface area contributed by atoms with Crippen molar-refractivity contribution < 1.29 is 9.59 Å². The van der Waals surface area contributed by atoms with Gasteiger partial charge < -0.3 is 0 Å². The third kappa shape index (κ3) is 5.64. The largest absolute Gasteiger partial charge is 0.294 e. The summed E-state index contributed by atoms with van der Waals surface area (Å²) in [5.41, 5.74) is 6.74. The first-order chi connectivity index (χ1) is 15.2. The number of hydrogen-bond donors (Lipinski definition) is 0. The molecule has 0 spiro atoms. The molecule has 2 nitrogen and oxygen atoms in total. The summed E-state index contributed by atoms with van der Waals surface area (Å²) in [6.07, 6.45) is 12.8. The lowest BCUT2D eigenvalue weighted by Gasteiger charge is -2.10. The molecule has 152 valence electrons. The Bertz CT molecular complexity index is 1160. The number of carbonyl (C=O) groups excluding carboxylic acids is 2. The van der Waals surface area contributed by atoms with Crippen LogP contribution in [0.1, 0.15) is 35.1 Å². The van der Waals surface area contributed by atoms with Crippen LogP contribution in [0.5, 0.6) is 0 Å². The van der Waals surface area contributed by atoms with Crippen LogP contribution < -0.4 is 0 Å². The molecular formula is C29H24O2. The Morgan fingerprint density at radius 1 is 0.742 bits per heavy atom. The molecule has 0 saturated carbocycles. The molecule has 3 aromatic carbocycles. The Balaban J connectivity index is 1.32. The normalized spacial score (nSPS) is 12.9. The van der Waals surface area contributed by atoms with Crippen molar-refractivity contribution in [3.63, 3.8) is 0 Å². The number of allylic oxidation sites excluding steroid dienone is 3. The molecule has 0 unspecified atom stereocenters. The first-order valence-electron chi connectivity index (χ1n) is 10.5. The topological polar surface area (TPSA) is 34.1 Å². The van der Waals surface area contributed by atoms with Gasteiger partial charge in [0.2, 0.25) is 0 Å². The van der Waals surface area contributed by atoms with Crippen molar-refractivity contribution in [3.05, 3.63) is 113 Å². The van der Waals surface area contributed by atoms with Gasteiger partial charge in [-0.3, -0.25) is 9.59 Å². The number of carbonyl (C=O) groups is 2. The number of fused-ring (bicyclic) bond motifs is 1. The molecule has 0 amide bonds. The molecular weight excluding hydrogens is 380 g/mol. The van der Waals surface area contributed by atoms with Gasteiger partial charge in [-0.15, -0.1) is 0 Å². The molecule has 0 radical (unpaired) electrons. The van der Waals surface area contributed by atoms with E-state index in [2.05, 4.69) is 36.4 Å². The molecule has 3 aromatic rings. The highest BCUT2D eigenvalue weighted by Gasteiger charge is 2.06. The molecule has 0 heterocycles. The number of aryl methyl sites for hydroxylation is 1. The Hall–Kier alpha value is -3.78. The van der Waals surface area contributed by atoms with Gasteiger partial charge >= 0.3 is 0 Å². The van der Waals surface area contributed by atoms with Gasteiger partial charge in [0.15, 0.2) is 11.6 Å². The molecule has 0 aromatic heterocycles. The van der Waals surface area contributed by atoms with Gasteiger partial charge in [-0.05, 0) is 58.4 Å². The Labute approximate surface area is 183 Å². The van der Waals surface area contributed by atoms with E-state index in [0.717, 1.165) is 35.1 Å². The second-order valence-electron chi connectivity index (χ2n) is 7.66. The summed E-state index contributed by atoms with van der Waals surface area (Å²) in [6, 6.07) is 24.3. The average molecular weight is 405 g/mol. The summed E-state index contributed by atoms with van der Waals surface area (Å²) in [5.74, 6) is -0.385. The van der Waals surface area contributed by atoms with E-state index in [-0.39, 0.29) is 18.0 Å². The monoisotopic (exact) mass is 404 g/mol. The lowest BCUT2D eigenvalue weighted by molar-refractivity contribution is -0.121. The van der Waals surface area contributed by atoms with E-state index in [1.165, 1.54) is 23.3 Å².